The average molecular weight is 317 g/mol. The Balaban J connectivity index is 0.00000400. The summed E-state index contributed by atoms with van der Waals surface area (Å²) in [6, 6.07) is 0. The largest absolute Gasteiger partial charge is 0.359 e. The molecule has 0 atom stereocenters. The molecular weight excluding hydrogens is 280 g/mol. The molecule has 2 nitrogen and oxygen atoms in total. The third-order valence-corrected chi connectivity index (χ3v) is 4.16. The summed E-state index contributed by atoms with van der Waals surface area (Å²) in [4.78, 5) is 4.87. The fourth-order valence-corrected chi connectivity index (χ4v) is 2.90. The van der Waals surface area contributed by atoms with Crippen molar-refractivity contribution in [3.05, 3.63) is 12.4 Å². The van der Waals surface area contributed by atoms with E-state index in [1.54, 1.807) is 0 Å². The molecule has 126 valence electrons. The number of nitrogens with zero attached hydrogens (tertiary/aromatic N) is 2. The molecule has 1 heterocycles. The molecule has 1 aliphatic heterocycles. The molecule has 0 radical (unpaired) electrons. The van der Waals surface area contributed by atoms with Crippen LogP contribution in [0.2, 0.25) is 0 Å². The third kappa shape index (κ3) is 10.9. The number of rotatable bonds is 13. The van der Waals surface area contributed by atoms with Crippen molar-refractivity contribution in [3.8, 4) is 0 Å². The van der Waals surface area contributed by atoms with Crippen LogP contribution in [0.3, 0.4) is 0 Å². The highest BCUT2D eigenvalue weighted by Crippen LogP contribution is 2.12. The minimum atomic E-state index is 0. The van der Waals surface area contributed by atoms with Gasteiger partial charge in [0.05, 0.1) is 6.67 Å². The molecule has 0 saturated carbocycles. The van der Waals surface area contributed by atoms with Crippen LogP contribution in [0, 0.1) is 0 Å². The third-order valence-electron chi connectivity index (χ3n) is 4.16. The average Bonchev–Trinajstić information content (AvgIpc) is 2.89. The summed E-state index contributed by atoms with van der Waals surface area (Å²) in [5.74, 6) is 0. The molecule has 0 aromatic rings. The molecule has 0 bridgehead atoms. The zero-order valence-corrected chi connectivity index (χ0v) is 15.2. The standard InChI is InChI=1S/C18H36N2.ClH/c1-3-5-6-7-8-9-10-11-12-13-15-20-17-16-19(18-20)14-4-2;/h16-17H,3-15,18H2,1-2H3;1H. The maximum absolute atomic E-state index is 2.46. The number of hydrogen-bond acceptors (Lipinski definition) is 2. The Morgan fingerprint density at radius 2 is 1.10 bits per heavy atom. The van der Waals surface area contributed by atoms with Crippen molar-refractivity contribution < 1.29 is 0 Å². The first-order valence-electron chi connectivity index (χ1n) is 9.03. The minimum Gasteiger partial charge on any atom is -0.359 e. The van der Waals surface area contributed by atoms with Crippen LogP contribution in [0.25, 0.3) is 0 Å². The van der Waals surface area contributed by atoms with Crippen LogP contribution < -0.4 is 0 Å². The molecule has 1 aliphatic rings. The first kappa shape index (κ1) is 20.6. The summed E-state index contributed by atoms with van der Waals surface area (Å²) in [6.45, 7) is 8.10. The molecule has 0 N–H and O–H groups in total. The van der Waals surface area contributed by atoms with Gasteiger partial charge in [0.25, 0.3) is 0 Å². The molecule has 0 saturated heterocycles. The van der Waals surface area contributed by atoms with Crippen molar-refractivity contribution in [2.45, 2.75) is 84.5 Å². The van der Waals surface area contributed by atoms with Gasteiger partial charge in [-0.2, -0.15) is 0 Å². The Morgan fingerprint density at radius 3 is 1.62 bits per heavy atom. The molecule has 0 aliphatic carbocycles. The Kier molecular flexibility index (Phi) is 14.3. The van der Waals surface area contributed by atoms with Crippen molar-refractivity contribution in [3.63, 3.8) is 0 Å². The van der Waals surface area contributed by atoms with E-state index in [2.05, 4.69) is 36.0 Å². The van der Waals surface area contributed by atoms with Gasteiger partial charge in [-0.15, -0.1) is 12.4 Å². The number of unbranched alkanes of at least 4 members (excludes halogenated alkanes) is 9. The summed E-state index contributed by atoms with van der Waals surface area (Å²) in [5, 5.41) is 0. The summed E-state index contributed by atoms with van der Waals surface area (Å²) >= 11 is 0. The van der Waals surface area contributed by atoms with Crippen molar-refractivity contribution in [1.82, 2.24) is 9.80 Å². The number of hydrogen-bond donors (Lipinski definition) is 0. The van der Waals surface area contributed by atoms with E-state index in [-0.39, 0.29) is 12.4 Å². The van der Waals surface area contributed by atoms with Gasteiger partial charge in [0.15, 0.2) is 0 Å². The first-order valence-corrected chi connectivity index (χ1v) is 9.03. The van der Waals surface area contributed by atoms with Crippen LogP contribution in [-0.2, 0) is 0 Å². The minimum absolute atomic E-state index is 0. The normalized spacial score (nSPS) is 13.8. The lowest BCUT2D eigenvalue weighted by Gasteiger charge is -2.20. The lowest BCUT2D eigenvalue weighted by atomic mass is 10.1. The van der Waals surface area contributed by atoms with Gasteiger partial charge in [-0.1, -0.05) is 71.6 Å². The van der Waals surface area contributed by atoms with E-state index in [1.165, 1.54) is 83.7 Å². The SMILES string of the molecule is CCCCCCCCCCCCN1C=CN(CCC)C1.Cl. The van der Waals surface area contributed by atoms with E-state index in [1.807, 2.05) is 0 Å². The Labute approximate surface area is 139 Å². The Morgan fingerprint density at radius 1 is 0.619 bits per heavy atom. The van der Waals surface area contributed by atoms with Crippen molar-refractivity contribution in [2.24, 2.45) is 0 Å². The van der Waals surface area contributed by atoms with Gasteiger partial charge in [-0.25, -0.2) is 0 Å². The van der Waals surface area contributed by atoms with Gasteiger partial charge in [-0.3, -0.25) is 0 Å². The van der Waals surface area contributed by atoms with E-state index in [0.29, 0.717) is 0 Å². The van der Waals surface area contributed by atoms with Crippen LogP contribution in [0.1, 0.15) is 84.5 Å². The van der Waals surface area contributed by atoms with Gasteiger partial charge >= 0.3 is 0 Å². The highest BCUT2D eigenvalue weighted by atomic mass is 35.5. The van der Waals surface area contributed by atoms with Crippen molar-refractivity contribution in [2.75, 3.05) is 19.8 Å². The van der Waals surface area contributed by atoms with E-state index >= 15 is 0 Å². The molecule has 0 aromatic heterocycles. The second-order valence-corrected chi connectivity index (χ2v) is 6.25. The summed E-state index contributed by atoms with van der Waals surface area (Å²) in [5.41, 5.74) is 0. The lowest BCUT2D eigenvalue weighted by Crippen LogP contribution is -2.26. The lowest BCUT2D eigenvalue weighted by molar-refractivity contribution is 0.261. The van der Waals surface area contributed by atoms with Gasteiger partial charge in [0.2, 0.25) is 0 Å². The van der Waals surface area contributed by atoms with E-state index < -0.39 is 0 Å². The summed E-state index contributed by atoms with van der Waals surface area (Å²) in [6.07, 6.45) is 20.0. The van der Waals surface area contributed by atoms with Crippen LogP contribution in [0.15, 0.2) is 12.4 Å². The van der Waals surface area contributed by atoms with E-state index in [0.717, 1.165) is 6.67 Å². The molecule has 3 heteroatoms. The molecule has 0 fully saturated rings. The van der Waals surface area contributed by atoms with Gasteiger partial charge in [0, 0.05) is 25.5 Å². The smallest absolute Gasteiger partial charge is 0.0893 e. The van der Waals surface area contributed by atoms with Gasteiger partial charge < -0.3 is 9.80 Å². The highest BCUT2D eigenvalue weighted by Gasteiger charge is 2.09. The van der Waals surface area contributed by atoms with Gasteiger partial charge in [0.1, 0.15) is 0 Å². The fraction of sp³-hybridized carbons (Fsp3) is 0.889. The molecule has 1 rings (SSSR count). The van der Waals surface area contributed by atoms with E-state index in [9.17, 15) is 0 Å². The number of halogens is 1. The van der Waals surface area contributed by atoms with Crippen molar-refractivity contribution in [1.29, 1.82) is 0 Å². The highest BCUT2D eigenvalue weighted by molar-refractivity contribution is 5.85. The molecule has 0 spiro atoms. The Hall–Kier alpha value is -0.370. The van der Waals surface area contributed by atoms with Crippen molar-refractivity contribution >= 4 is 12.4 Å². The molecular formula is C18H37ClN2. The van der Waals surface area contributed by atoms with Crippen LogP contribution in [-0.4, -0.2) is 29.6 Å². The zero-order chi connectivity index (χ0) is 14.5. The molecule has 0 aromatic carbocycles. The Bertz CT molecular complexity index is 243. The maximum Gasteiger partial charge on any atom is 0.0893 e. The monoisotopic (exact) mass is 316 g/mol. The maximum atomic E-state index is 2.46. The second-order valence-electron chi connectivity index (χ2n) is 6.25. The molecule has 0 amide bonds. The summed E-state index contributed by atoms with van der Waals surface area (Å²) < 4.78 is 0. The van der Waals surface area contributed by atoms with Crippen LogP contribution in [0.5, 0.6) is 0 Å². The van der Waals surface area contributed by atoms with Crippen LogP contribution >= 0.6 is 12.4 Å². The molecule has 21 heavy (non-hydrogen) atoms. The predicted octanol–water partition coefficient (Wildman–Crippen LogP) is 5.79. The fourth-order valence-electron chi connectivity index (χ4n) is 2.90. The quantitative estimate of drug-likeness (QED) is 0.397. The zero-order valence-electron chi connectivity index (χ0n) is 14.4. The van der Waals surface area contributed by atoms with Gasteiger partial charge in [-0.05, 0) is 12.8 Å². The second kappa shape index (κ2) is 14.6. The first-order chi connectivity index (χ1) is 9.86. The molecule has 0 unspecified atom stereocenters. The topological polar surface area (TPSA) is 6.48 Å². The van der Waals surface area contributed by atoms with Crippen LogP contribution in [0.4, 0.5) is 0 Å². The van der Waals surface area contributed by atoms with E-state index in [4.69, 9.17) is 0 Å². The summed E-state index contributed by atoms with van der Waals surface area (Å²) in [7, 11) is 0. The predicted molar refractivity (Wildman–Crippen MR) is 96.8 cm³/mol.